The van der Waals surface area contributed by atoms with E-state index in [0.29, 0.717) is 13.0 Å². The van der Waals surface area contributed by atoms with E-state index in [4.69, 9.17) is 23.5 Å². The van der Waals surface area contributed by atoms with Crippen molar-refractivity contribution in [3.63, 3.8) is 0 Å². The van der Waals surface area contributed by atoms with Crippen molar-refractivity contribution in [1.82, 2.24) is 0 Å². The fraction of sp³-hybridized carbons (Fsp3) is 0.884. The molecule has 0 aromatic carbocycles. The molecule has 13 heteroatoms. The monoisotopic (exact) mass is 821 g/mol. The number of carbonyl (C=O) groups is 1. The maximum Gasteiger partial charge on any atom is 0.397 e. The maximum atomic E-state index is 12.8. The molecular weight excluding hydrogens is 741 g/mol. The van der Waals surface area contributed by atoms with Gasteiger partial charge in [-0.05, 0) is 44.9 Å². The van der Waals surface area contributed by atoms with Crippen LogP contribution in [0.4, 0.5) is 0 Å². The first kappa shape index (κ1) is 52.6. The van der Waals surface area contributed by atoms with Gasteiger partial charge in [0.2, 0.25) is 0 Å². The lowest BCUT2D eigenvalue weighted by atomic mass is 9.99. The molecule has 0 bridgehead atoms. The molecule has 0 aliphatic carbocycles. The van der Waals surface area contributed by atoms with Crippen LogP contribution in [-0.2, 0) is 38.3 Å². The number of aliphatic hydroxyl groups excluding tert-OH is 3. The molecule has 0 aromatic heterocycles. The predicted molar refractivity (Wildman–Crippen MR) is 221 cm³/mol. The van der Waals surface area contributed by atoms with Crippen LogP contribution in [0.5, 0.6) is 0 Å². The molecule has 1 rings (SSSR count). The van der Waals surface area contributed by atoms with Crippen molar-refractivity contribution < 1.29 is 56.2 Å². The topological polar surface area (TPSA) is 178 Å². The van der Waals surface area contributed by atoms with Crippen molar-refractivity contribution in [1.29, 1.82) is 0 Å². The van der Waals surface area contributed by atoms with Gasteiger partial charge in [-0.2, -0.15) is 8.42 Å². The second kappa shape index (κ2) is 35.5. The molecule has 12 nitrogen and oxygen atoms in total. The van der Waals surface area contributed by atoms with Gasteiger partial charge in [-0.25, -0.2) is 4.18 Å². The fourth-order valence-corrected chi connectivity index (χ4v) is 7.21. The number of hydrogen-bond donors (Lipinski definition) is 4. The molecule has 0 radical (unpaired) electrons. The van der Waals surface area contributed by atoms with E-state index in [-0.39, 0.29) is 19.6 Å². The maximum absolute atomic E-state index is 12.8. The summed E-state index contributed by atoms with van der Waals surface area (Å²) in [4.78, 5) is 12.8. The molecule has 0 saturated carbocycles. The highest BCUT2D eigenvalue weighted by Crippen LogP contribution is 2.26. The highest BCUT2D eigenvalue weighted by Gasteiger charge is 2.48. The molecular formula is C43H80O12S. The Labute approximate surface area is 340 Å². The Morgan fingerprint density at radius 2 is 1.18 bits per heavy atom. The fourth-order valence-electron chi connectivity index (χ4n) is 6.70. The summed E-state index contributed by atoms with van der Waals surface area (Å²) >= 11 is 0. The minimum atomic E-state index is -5.06. The number of esters is 1. The lowest BCUT2D eigenvalue weighted by Gasteiger charge is -2.41. The van der Waals surface area contributed by atoms with Crippen LogP contribution in [0.3, 0.4) is 0 Å². The molecule has 0 spiro atoms. The van der Waals surface area contributed by atoms with Crippen LogP contribution in [0, 0.1) is 0 Å². The van der Waals surface area contributed by atoms with Gasteiger partial charge in [0.1, 0.15) is 30.5 Å². The molecule has 0 aromatic rings. The molecule has 6 unspecified atom stereocenters. The SMILES string of the molecule is CCCCC/C=C\C/C=C\CCCCCCCCCCCC(=O)OC(COCCCCCCCCCCCC)COC1OC(CO)C(O)C(OS(=O)(=O)O)C1O. The number of aliphatic hydroxyl groups is 3. The summed E-state index contributed by atoms with van der Waals surface area (Å²) in [6, 6.07) is 0. The number of unbranched alkanes of at least 4 members (excludes halogenated alkanes) is 21. The van der Waals surface area contributed by atoms with E-state index in [2.05, 4.69) is 42.3 Å². The quantitative estimate of drug-likeness (QED) is 0.0202. The molecule has 4 N–H and O–H groups in total. The highest BCUT2D eigenvalue weighted by molar-refractivity contribution is 7.80. The second-order valence-corrected chi connectivity index (χ2v) is 16.3. The lowest BCUT2D eigenvalue weighted by Crippen LogP contribution is -2.60. The Hall–Kier alpha value is -1.42. The van der Waals surface area contributed by atoms with Gasteiger partial charge in [-0.15, -0.1) is 0 Å². The lowest BCUT2D eigenvalue weighted by molar-refractivity contribution is -0.301. The zero-order valence-electron chi connectivity index (χ0n) is 34.9. The zero-order chi connectivity index (χ0) is 41.1. The van der Waals surface area contributed by atoms with Crippen molar-refractivity contribution in [2.24, 2.45) is 0 Å². The molecule has 1 aliphatic heterocycles. The Bertz CT molecular complexity index is 1080. The number of rotatable bonds is 38. The molecule has 56 heavy (non-hydrogen) atoms. The minimum absolute atomic E-state index is 0.0375. The van der Waals surface area contributed by atoms with Crippen molar-refractivity contribution in [3.05, 3.63) is 24.3 Å². The number of carbonyl (C=O) groups excluding carboxylic acids is 1. The minimum Gasteiger partial charge on any atom is -0.457 e. The van der Waals surface area contributed by atoms with Gasteiger partial charge in [0.25, 0.3) is 0 Å². The van der Waals surface area contributed by atoms with Crippen molar-refractivity contribution in [3.8, 4) is 0 Å². The third kappa shape index (κ3) is 28.9. The number of hydrogen-bond acceptors (Lipinski definition) is 11. The zero-order valence-corrected chi connectivity index (χ0v) is 35.8. The van der Waals surface area contributed by atoms with E-state index < -0.39 is 59.8 Å². The van der Waals surface area contributed by atoms with Gasteiger partial charge in [0, 0.05) is 13.0 Å². The van der Waals surface area contributed by atoms with Crippen LogP contribution in [0.15, 0.2) is 24.3 Å². The van der Waals surface area contributed by atoms with Crippen LogP contribution in [0.1, 0.15) is 181 Å². The highest BCUT2D eigenvalue weighted by atomic mass is 32.3. The standard InChI is InChI=1S/C43H80O12S/c1-3-5-7-9-11-13-15-16-17-18-19-20-21-22-23-24-26-28-30-32-39(45)53-37(35-51-33-31-29-27-25-14-12-10-8-6-4-2)36-52-43-41(47)42(55-56(48,49)50)40(46)38(34-44)54-43/h11,13,16-17,37-38,40-44,46-47H,3-10,12,14-15,18-36H2,1-2H3,(H,48,49,50)/b13-11-,17-16-. The van der Waals surface area contributed by atoms with Gasteiger partial charge in [-0.1, -0.05) is 154 Å². The van der Waals surface area contributed by atoms with Crippen LogP contribution >= 0.6 is 0 Å². The predicted octanol–water partition coefficient (Wildman–Crippen LogP) is 8.85. The van der Waals surface area contributed by atoms with Gasteiger partial charge < -0.3 is 34.3 Å². The first-order chi connectivity index (χ1) is 27.1. The van der Waals surface area contributed by atoms with Crippen molar-refractivity contribution in [2.75, 3.05) is 26.4 Å². The second-order valence-electron chi connectivity index (χ2n) is 15.3. The first-order valence-electron chi connectivity index (χ1n) is 22.1. The van der Waals surface area contributed by atoms with E-state index in [0.717, 1.165) is 51.4 Å². The summed E-state index contributed by atoms with van der Waals surface area (Å²) in [6.07, 6.45) is 29.3. The molecule has 1 saturated heterocycles. The van der Waals surface area contributed by atoms with Crippen molar-refractivity contribution in [2.45, 2.75) is 218 Å². The molecule has 1 aliphatic rings. The van der Waals surface area contributed by atoms with E-state index in [1.165, 1.54) is 103 Å². The average molecular weight is 821 g/mol. The summed E-state index contributed by atoms with van der Waals surface area (Å²) in [5.74, 6) is -0.403. The van der Waals surface area contributed by atoms with Gasteiger partial charge in [0.15, 0.2) is 6.29 Å². The van der Waals surface area contributed by atoms with Gasteiger partial charge in [-0.3, -0.25) is 9.35 Å². The Balaban J connectivity index is 2.40. The summed E-state index contributed by atoms with van der Waals surface area (Å²) in [6.45, 7) is 3.95. The first-order valence-corrected chi connectivity index (χ1v) is 23.5. The Kier molecular flexibility index (Phi) is 33.4. The van der Waals surface area contributed by atoms with Crippen LogP contribution in [0.25, 0.3) is 0 Å². The molecule has 6 atom stereocenters. The molecule has 330 valence electrons. The summed E-state index contributed by atoms with van der Waals surface area (Å²) in [5.41, 5.74) is 0. The van der Waals surface area contributed by atoms with Crippen LogP contribution in [0.2, 0.25) is 0 Å². The third-order valence-electron chi connectivity index (χ3n) is 10.1. The summed E-state index contributed by atoms with van der Waals surface area (Å²) in [5, 5.41) is 30.6. The van der Waals surface area contributed by atoms with E-state index in [1.54, 1.807) is 0 Å². The summed E-state index contributed by atoms with van der Waals surface area (Å²) < 4.78 is 58.9. The third-order valence-corrected chi connectivity index (χ3v) is 10.5. The smallest absolute Gasteiger partial charge is 0.397 e. The van der Waals surface area contributed by atoms with E-state index >= 15 is 0 Å². The molecule has 1 heterocycles. The number of ether oxygens (including phenoxy) is 4. The van der Waals surface area contributed by atoms with Gasteiger partial charge in [0.05, 0.1) is 19.8 Å². The van der Waals surface area contributed by atoms with Crippen molar-refractivity contribution >= 4 is 16.4 Å². The Morgan fingerprint density at radius 3 is 1.73 bits per heavy atom. The van der Waals surface area contributed by atoms with E-state index in [9.17, 15) is 28.5 Å². The Morgan fingerprint density at radius 1 is 0.679 bits per heavy atom. The number of allylic oxidation sites excluding steroid dienone is 4. The molecule has 1 fully saturated rings. The van der Waals surface area contributed by atoms with Crippen LogP contribution in [-0.4, -0.2) is 97.5 Å². The normalized spacial score (nSPS) is 21.0. The largest absolute Gasteiger partial charge is 0.457 e. The van der Waals surface area contributed by atoms with E-state index in [1.807, 2.05) is 0 Å². The van der Waals surface area contributed by atoms with Crippen LogP contribution < -0.4 is 0 Å². The summed E-state index contributed by atoms with van der Waals surface area (Å²) in [7, 11) is -5.06. The van der Waals surface area contributed by atoms with Gasteiger partial charge >= 0.3 is 16.4 Å². The average Bonchev–Trinajstić information content (AvgIpc) is 3.17. The molecule has 0 amide bonds.